The van der Waals surface area contributed by atoms with Crippen LogP contribution in [-0.4, -0.2) is 24.1 Å². The summed E-state index contributed by atoms with van der Waals surface area (Å²) in [5.74, 6) is -0.173. The molecular formula is C20H22ClNO4. The third-order valence-corrected chi connectivity index (χ3v) is 4.01. The number of nitrogens with one attached hydrogen (secondary N) is 1. The highest BCUT2D eigenvalue weighted by molar-refractivity contribution is 6.30. The smallest absolute Gasteiger partial charge is 0.347 e. The summed E-state index contributed by atoms with van der Waals surface area (Å²) in [6.45, 7) is 5.40. The normalized spacial score (nSPS) is 12.8. The summed E-state index contributed by atoms with van der Waals surface area (Å²) in [7, 11) is 0. The zero-order valence-electron chi connectivity index (χ0n) is 15.0. The zero-order chi connectivity index (χ0) is 19.1. The molecule has 2 aromatic rings. The Morgan fingerprint density at radius 2 is 1.65 bits per heavy atom. The molecule has 5 nitrogen and oxygen atoms in total. The van der Waals surface area contributed by atoms with E-state index in [-0.39, 0.29) is 12.0 Å². The molecule has 0 aliphatic rings. The summed E-state index contributed by atoms with van der Waals surface area (Å²) >= 11 is 5.82. The summed E-state index contributed by atoms with van der Waals surface area (Å²) in [6, 6.07) is 13.4. The lowest BCUT2D eigenvalue weighted by Gasteiger charge is -2.17. The number of benzene rings is 2. The number of halogens is 1. The maximum absolute atomic E-state index is 12.2. The van der Waals surface area contributed by atoms with Crippen LogP contribution in [-0.2, 0) is 9.53 Å². The van der Waals surface area contributed by atoms with Gasteiger partial charge in [-0.3, -0.25) is 4.79 Å². The van der Waals surface area contributed by atoms with Crippen LogP contribution in [0.3, 0.4) is 0 Å². The number of carbonyl (C=O) groups excluding carboxylic acids is 2. The van der Waals surface area contributed by atoms with E-state index in [2.05, 4.69) is 5.32 Å². The van der Waals surface area contributed by atoms with Crippen LogP contribution in [0.5, 0.6) is 5.75 Å². The molecule has 1 N–H and O–H groups in total. The lowest BCUT2D eigenvalue weighted by Crippen LogP contribution is -2.29. The molecule has 138 valence electrons. The second-order valence-electron chi connectivity index (χ2n) is 5.90. The van der Waals surface area contributed by atoms with Gasteiger partial charge in [-0.1, -0.05) is 18.5 Å². The van der Waals surface area contributed by atoms with E-state index in [9.17, 15) is 9.59 Å². The Hall–Kier alpha value is -2.53. The Morgan fingerprint density at radius 3 is 2.23 bits per heavy atom. The Morgan fingerprint density at radius 1 is 1.04 bits per heavy atom. The van der Waals surface area contributed by atoms with Crippen LogP contribution in [0, 0.1) is 0 Å². The van der Waals surface area contributed by atoms with Crippen LogP contribution in [0.25, 0.3) is 0 Å². The largest absolute Gasteiger partial charge is 0.479 e. The Balaban J connectivity index is 1.93. The minimum absolute atomic E-state index is 0.146. The number of anilines is 1. The highest BCUT2D eigenvalue weighted by atomic mass is 35.5. The van der Waals surface area contributed by atoms with Gasteiger partial charge in [0.15, 0.2) is 6.10 Å². The lowest BCUT2D eigenvalue weighted by atomic mass is 10.2. The Bertz CT molecular complexity index is 743. The molecule has 2 atom stereocenters. The number of amides is 1. The van der Waals surface area contributed by atoms with Crippen molar-refractivity contribution in [1.29, 1.82) is 0 Å². The van der Waals surface area contributed by atoms with Gasteiger partial charge in [0.1, 0.15) is 5.75 Å². The molecule has 0 fully saturated rings. The van der Waals surface area contributed by atoms with Gasteiger partial charge in [0.05, 0.1) is 6.10 Å². The van der Waals surface area contributed by atoms with Crippen LogP contribution >= 0.6 is 11.6 Å². The van der Waals surface area contributed by atoms with Crippen LogP contribution in [0.2, 0.25) is 5.02 Å². The van der Waals surface area contributed by atoms with Crippen molar-refractivity contribution in [3.05, 3.63) is 59.1 Å². The topological polar surface area (TPSA) is 64.6 Å². The molecule has 0 radical (unpaired) electrons. The Labute approximate surface area is 158 Å². The zero-order valence-corrected chi connectivity index (χ0v) is 15.7. The van der Waals surface area contributed by atoms with Crippen molar-refractivity contribution in [2.45, 2.75) is 39.4 Å². The average molecular weight is 376 g/mol. The predicted molar refractivity (Wildman–Crippen MR) is 102 cm³/mol. The van der Waals surface area contributed by atoms with Gasteiger partial charge < -0.3 is 14.8 Å². The second-order valence-corrected chi connectivity index (χ2v) is 6.34. The molecule has 0 saturated heterocycles. The maximum Gasteiger partial charge on any atom is 0.347 e. The molecule has 26 heavy (non-hydrogen) atoms. The van der Waals surface area contributed by atoms with Crippen molar-refractivity contribution in [1.82, 2.24) is 0 Å². The van der Waals surface area contributed by atoms with Crippen molar-refractivity contribution in [2.24, 2.45) is 0 Å². The van der Waals surface area contributed by atoms with Gasteiger partial charge in [-0.05, 0) is 68.8 Å². The number of hydrogen-bond donors (Lipinski definition) is 1. The van der Waals surface area contributed by atoms with Gasteiger partial charge in [0.2, 0.25) is 0 Å². The fraction of sp³-hybridized carbons (Fsp3) is 0.300. The van der Waals surface area contributed by atoms with E-state index >= 15 is 0 Å². The number of rotatable bonds is 7. The minimum Gasteiger partial charge on any atom is -0.479 e. The fourth-order valence-electron chi connectivity index (χ4n) is 2.05. The molecule has 0 aromatic heterocycles. The molecule has 0 aliphatic carbocycles. The first-order valence-corrected chi connectivity index (χ1v) is 8.81. The summed E-state index contributed by atoms with van der Waals surface area (Å²) in [5.41, 5.74) is 1.13. The van der Waals surface area contributed by atoms with Crippen molar-refractivity contribution in [3.63, 3.8) is 0 Å². The molecule has 0 saturated carbocycles. The molecular weight excluding hydrogens is 354 g/mol. The highest BCUT2D eigenvalue weighted by Crippen LogP contribution is 2.17. The molecule has 0 heterocycles. The van der Waals surface area contributed by atoms with Gasteiger partial charge in [-0.15, -0.1) is 0 Å². The SMILES string of the molecule is CC[C@H](C)OC(=O)[C@@H](C)Oc1ccc(C(=O)Nc2ccc(Cl)cc2)cc1. The fourth-order valence-corrected chi connectivity index (χ4v) is 2.18. The second kappa shape index (κ2) is 9.25. The molecule has 2 rings (SSSR count). The van der Waals surface area contributed by atoms with Crippen molar-refractivity contribution >= 4 is 29.2 Å². The average Bonchev–Trinajstić information content (AvgIpc) is 2.63. The van der Waals surface area contributed by atoms with Crippen LogP contribution in [0.4, 0.5) is 5.69 Å². The number of hydrogen-bond acceptors (Lipinski definition) is 4. The van der Waals surface area contributed by atoms with Crippen molar-refractivity contribution in [2.75, 3.05) is 5.32 Å². The van der Waals surface area contributed by atoms with Crippen molar-refractivity contribution in [3.8, 4) is 5.75 Å². The van der Waals surface area contributed by atoms with Crippen molar-refractivity contribution < 1.29 is 19.1 Å². The Kier molecular flexibility index (Phi) is 7.04. The van der Waals surface area contributed by atoms with E-state index in [1.54, 1.807) is 55.5 Å². The van der Waals surface area contributed by atoms with Gasteiger partial charge in [-0.25, -0.2) is 4.79 Å². The number of ether oxygens (including phenoxy) is 2. The summed E-state index contributed by atoms with van der Waals surface area (Å²) in [5, 5.41) is 3.38. The van der Waals surface area contributed by atoms with E-state index in [4.69, 9.17) is 21.1 Å². The first-order chi connectivity index (χ1) is 12.4. The van der Waals surface area contributed by atoms with Gasteiger partial charge in [0, 0.05) is 16.3 Å². The van der Waals surface area contributed by atoms with Gasteiger partial charge in [0.25, 0.3) is 5.91 Å². The molecule has 0 bridgehead atoms. The summed E-state index contributed by atoms with van der Waals surface area (Å²) in [6.07, 6.45) is -0.124. The molecule has 1 amide bonds. The monoisotopic (exact) mass is 375 g/mol. The standard InChI is InChI=1S/C20H22ClNO4/c1-4-13(2)25-20(24)14(3)26-18-11-5-15(6-12-18)19(23)22-17-9-7-16(21)8-10-17/h5-14H,4H2,1-3H3,(H,22,23)/t13-,14+/m0/s1. The predicted octanol–water partition coefficient (Wildman–Crippen LogP) is 4.70. The molecule has 0 spiro atoms. The quantitative estimate of drug-likeness (QED) is 0.712. The van der Waals surface area contributed by atoms with E-state index in [1.807, 2.05) is 13.8 Å². The van der Waals surface area contributed by atoms with Gasteiger partial charge in [-0.2, -0.15) is 0 Å². The van der Waals surface area contributed by atoms with E-state index in [1.165, 1.54) is 0 Å². The van der Waals surface area contributed by atoms with E-state index in [0.717, 1.165) is 6.42 Å². The van der Waals surface area contributed by atoms with Crippen LogP contribution in [0.1, 0.15) is 37.6 Å². The summed E-state index contributed by atoms with van der Waals surface area (Å²) < 4.78 is 10.8. The molecule has 6 heteroatoms. The summed E-state index contributed by atoms with van der Waals surface area (Å²) in [4.78, 5) is 24.1. The first-order valence-electron chi connectivity index (χ1n) is 8.43. The van der Waals surface area contributed by atoms with Gasteiger partial charge >= 0.3 is 5.97 Å². The molecule has 0 unspecified atom stereocenters. The maximum atomic E-state index is 12.2. The van der Waals surface area contributed by atoms with Crippen LogP contribution < -0.4 is 10.1 Å². The van der Waals surface area contributed by atoms with E-state index < -0.39 is 12.1 Å². The third-order valence-electron chi connectivity index (χ3n) is 3.76. The number of carbonyl (C=O) groups is 2. The molecule has 0 aliphatic heterocycles. The molecule has 2 aromatic carbocycles. The lowest BCUT2D eigenvalue weighted by molar-refractivity contribution is -0.155. The van der Waals surface area contributed by atoms with Crippen LogP contribution in [0.15, 0.2) is 48.5 Å². The van der Waals surface area contributed by atoms with E-state index in [0.29, 0.717) is 22.0 Å². The first kappa shape index (κ1) is 19.8. The number of esters is 1. The highest BCUT2D eigenvalue weighted by Gasteiger charge is 2.18. The third kappa shape index (κ3) is 5.77. The minimum atomic E-state index is -0.724.